The molecule has 1 aliphatic rings. The second-order valence-electron chi connectivity index (χ2n) is 5.41. The van der Waals surface area contributed by atoms with Crippen LogP contribution in [-0.4, -0.2) is 46.3 Å². The van der Waals surface area contributed by atoms with Crippen molar-refractivity contribution < 1.29 is 19.8 Å². The van der Waals surface area contributed by atoms with Crippen LogP contribution in [0.3, 0.4) is 0 Å². The molecule has 3 N–H and O–H groups in total. The van der Waals surface area contributed by atoms with Gasteiger partial charge in [-0.2, -0.15) is 0 Å². The van der Waals surface area contributed by atoms with Gasteiger partial charge >= 0.3 is 12.0 Å². The SMILES string of the molecule is Cc1cc(C)c(NC(=O)N2CCCC2CO)c(C(=O)O)c1. The molecule has 0 aromatic heterocycles. The number of carboxylic acids is 1. The van der Waals surface area contributed by atoms with Gasteiger partial charge < -0.3 is 20.4 Å². The number of carbonyl (C=O) groups excluding carboxylic acids is 1. The van der Waals surface area contributed by atoms with Crippen LogP contribution in [0, 0.1) is 13.8 Å². The fourth-order valence-electron chi connectivity index (χ4n) is 2.77. The maximum absolute atomic E-state index is 12.3. The van der Waals surface area contributed by atoms with Crippen LogP contribution in [0.4, 0.5) is 10.5 Å². The van der Waals surface area contributed by atoms with Crippen LogP contribution in [-0.2, 0) is 0 Å². The average molecular weight is 292 g/mol. The van der Waals surface area contributed by atoms with E-state index < -0.39 is 5.97 Å². The third-order valence-electron chi connectivity index (χ3n) is 3.79. The predicted octanol–water partition coefficient (Wildman–Crippen LogP) is 1.99. The predicted molar refractivity (Wildman–Crippen MR) is 78.7 cm³/mol. The normalized spacial score (nSPS) is 17.9. The topological polar surface area (TPSA) is 89.9 Å². The van der Waals surface area contributed by atoms with Gasteiger partial charge in [0, 0.05) is 6.54 Å². The van der Waals surface area contributed by atoms with Crippen molar-refractivity contribution in [2.24, 2.45) is 0 Å². The number of nitrogens with zero attached hydrogens (tertiary/aromatic N) is 1. The second-order valence-corrected chi connectivity index (χ2v) is 5.41. The fourth-order valence-corrected chi connectivity index (χ4v) is 2.77. The summed E-state index contributed by atoms with van der Waals surface area (Å²) in [6.45, 7) is 4.08. The smallest absolute Gasteiger partial charge is 0.337 e. The molecule has 0 aliphatic carbocycles. The molecule has 1 atom stereocenters. The third kappa shape index (κ3) is 3.16. The van der Waals surface area contributed by atoms with Crippen LogP contribution in [0.15, 0.2) is 12.1 Å². The summed E-state index contributed by atoms with van der Waals surface area (Å²) in [6, 6.07) is 2.82. The summed E-state index contributed by atoms with van der Waals surface area (Å²) in [5, 5.41) is 21.2. The van der Waals surface area contributed by atoms with E-state index in [1.165, 1.54) is 0 Å². The zero-order valence-electron chi connectivity index (χ0n) is 12.2. The zero-order chi connectivity index (χ0) is 15.6. The van der Waals surface area contributed by atoms with Crippen molar-refractivity contribution in [1.82, 2.24) is 4.90 Å². The Morgan fingerprint density at radius 1 is 1.38 bits per heavy atom. The highest BCUT2D eigenvalue weighted by atomic mass is 16.4. The second kappa shape index (κ2) is 6.13. The van der Waals surface area contributed by atoms with Crippen molar-refractivity contribution in [2.45, 2.75) is 32.7 Å². The molecule has 1 aliphatic heterocycles. The molecule has 114 valence electrons. The number of urea groups is 1. The van der Waals surface area contributed by atoms with Crippen LogP contribution in [0.5, 0.6) is 0 Å². The molecule has 1 aromatic rings. The Balaban J connectivity index is 2.27. The first-order chi connectivity index (χ1) is 9.93. The lowest BCUT2D eigenvalue weighted by Gasteiger charge is -2.24. The molecular weight excluding hydrogens is 272 g/mol. The number of benzene rings is 1. The van der Waals surface area contributed by atoms with Gasteiger partial charge in [-0.15, -0.1) is 0 Å². The first kappa shape index (κ1) is 15.3. The van der Waals surface area contributed by atoms with Crippen LogP contribution >= 0.6 is 0 Å². The minimum absolute atomic E-state index is 0.0773. The lowest BCUT2D eigenvalue weighted by molar-refractivity contribution is 0.0698. The highest BCUT2D eigenvalue weighted by Gasteiger charge is 2.29. The molecule has 2 amide bonds. The van der Waals surface area contributed by atoms with Gasteiger partial charge in [-0.05, 0) is 43.9 Å². The van der Waals surface area contributed by atoms with E-state index in [4.69, 9.17) is 0 Å². The van der Waals surface area contributed by atoms with Gasteiger partial charge in [0.2, 0.25) is 0 Å². The molecule has 2 rings (SSSR count). The van der Waals surface area contributed by atoms with E-state index in [0.29, 0.717) is 17.8 Å². The molecule has 1 aromatic carbocycles. The molecule has 21 heavy (non-hydrogen) atoms. The molecule has 0 saturated carbocycles. The first-order valence-corrected chi connectivity index (χ1v) is 6.97. The van der Waals surface area contributed by atoms with Crippen LogP contribution in [0.25, 0.3) is 0 Å². The Morgan fingerprint density at radius 3 is 2.71 bits per heavy atom. The number of anilines is 1. The number of aromatic carboxylic acids is 1. The van der Waals surface area contributed by atoms with Gasteiger partial charge in [0.15, 0.2) is 0 Å². The Morgan fingerprint density at radius 2 is 2.10 bits per heavy atom. The molecule has 0 radical (unpaired) electrons. The largest absolute Gasteiger partial charge is 0.478 e. The Bertz CT molecular complexity index is 571. The molecule has 1 fully saturated rings. The van der Waals surface area contributed by atoms with Crippen molar-refractivity contribution in [2.75, 3.05) is 18.5 Å². The van der Waals surface area contributed by atoms with Gasteiger partial charge in [-0.3, -0.25) is 0 Å². The summed E-state index contributed by atoms with van der Waals surface area (Å²) >= 11 is 0. The van der Waals surface area contributed by atoms with Gasteiger partial charge in [0.1, 0.15) is 0 Å². The number of aliphatic hydroxyl groups excluding tert-OH is 1. The summed E-state index contributed by atoms with van der Waals surface area (Å²) in [5.74, 6) is -1.07. The van der Waals surface area contributed by atoms with Crippen molar-refractivity contribution >= 4 is 17.7 Å². The molecule has 6 nitrogen and oxygen atoms in total. The van der Waals surface area contributed by atoms with Gasteiger partial charge in [-0.25, -0.2) is 9.59 Å². The highest BCUT2D eigenvalue weighted by molar-refractivity contribution is 6.01. The molecule has 0 spiro atoms. The Labute approximate surface area is 123 Å². The molecule has 0 bridgehead atoms. The third-order valence-corrected chi connectivity index (χ3v) is 3.79. The zero-order valence-corrected chi connectivity index (χ0v) is 12.2. The molecule has 1 unspecified atom stereocenters. The number of hydrogen-bond acceptors (Lipinski definition) is 3. The van der Waals surface area contributed by atoms with Gasteiger partial charge in [0.25, 0.3) is 0 Å². The monoisotopic (exact) mass is 292 g/mol. The number of amides is 2. The van der Waals surface area contributed by atoms with Crippen molar-refractivity contribution in [3.8, 4) is 0 Å². The summed E-state index contributed by atoms with van der Waals surface area (Å²) in [5.41, 5.74) is 1.94. The molecule has 1 saturated heterocycles. The summed E-state index contributed by atoms with van der Waals surface area (Å²) in [4.78, 5) is 25.2. The van der Waals surface area contributed by atoms with Gasteiger partial charge in [-0.1, -0.05) is 6.07 Å². The number of aryl methyl sites for hydroxylation is 2. The number of likely N-dealkylation sites (tertiary alicyclic amines) is 1. The van der Waals surface area contributed by atoms with E-state index in [2.05, 4.69) is 5.32 Å². The van der Waals surface area contributed by atoms with Gasteiger partial charge in [0.05, 0.1) is 23.9 Å². The number of aliphatic hydroxyl groups is 1. The maximum atomic E-state index is 12.3. The van der Waals surface area contributed by atoms with E-state index in [0.717, 1.165) is 18.4 Å². The molecule has 1 heterocycles. The summed E-state index contributed by atoms with van der Waals surface area (Å²) < 4.78 is 0. The standard InChI is InChI=1S/C15H20N2O4/c1-9-6-10(2)13(12(7-9)14(19)20)16-15(21)17-5-3-4-11(17)8-18/h6-7,11,18H,3-5,8H2,1-2H3,(H,16,21)(H,19,20). The van der Waals surface area contributed by atoms with E-state index in [1.807, 2.05) is 13.0 Å². The maximum Gasteiger partial charge on any atom is 0.337 e. The Hall–Kier alpha value is -2.08. The minimum atomic E-state index is -1.07. The highest BCUT2D eigenvalue weighted by Crippen LogP contribution is 2.25. The lowest BCUT2D eigenvalue weighted by atomic mass is 10.0. The first-order valence-electron chi connectivity index (χ1n) is 6.97. The average Bonchev–Trinajstić information content (AvgIpc) is 2.89. The van der Waals surface area contributed by atoms with Crippen LogP contribution in [0.1, 0.15) is 34.3 Å². The Kier molecular flexibility index (Phi) is 4.47. The quantitative estimate of drug-likeness (QED) is 0.794. The van der Waals surface area contributed by atoms with E-state index in [1.54, 1.807) is 17.9 Å². The summed E-state index contributed by atoms with van der Waals surface area (Å²) in [6.07, 6.45) is 1.61. The molecule has 6 heteroatoms. The van der Waals surface area contributed by atoms with Crippen molar-refractivity contribution in [3.63, 3.8) is 0 Å². The van der Waals surface area contributed by atoms with Crippen molar-refractivity contribution in [3.05, 3.63) is 28.8 Å². The van der Waals surface area contributed by atoms with E-state index in [9.17, 15) is 19.8 Å². The summed E-state index contributed by atoms with van der Waals surface area (Å²) in [7, 11) is 0. The van der Waals surface area contributed by atoms with Crippen molar-refractivity contribution in [1.29, 1.82) is 0 Å². The lowest BCUT2D eigenvalue weighted by Crippen LogP contribution is -2.40. The number of rotatable bonds is 3. The van der Waals surface area contributed by atoms with Crippen LogP contribution in [0.2, 0.25) is 0 Å². The number of carbonyl (C=O) groups is 2. The fraction of sp³-hybridized carbons (Fsp3) is 0.467. The molecular formula is C15H20N2O4. The minimum Gasteiger partial charge on any atom is -0.478 e. The number of nitrogens with one attached hydrogen (secondary N) is 1. The van der Waals surface area contributed by atoms with Crippen LogP contribution < -0.4 is 5.32 Å². The van der Waals surface area contributed by atoms with E-state index >= 15 is 0 Å². The number of hydrogen-bond donors (Lipinski definition) is 3. The van der Waals surface area contributed by atoms with E-state index in [-0.39, 0.29) is 24.2 Å². The number of carboxylic acid groups (broad SMARTS) is 1.